The Morgan fingerprint density at radius 2 is 1.88 bits per heavy atom. The van der Waals surface area contributed by atoms with Gasteiger partial charge in [0, 0.05) is 18.2 Å². The molecular weight excluding hydrogens is 314 g/mol. The van der Waals surface area contributed by atoms with E-state index in [0.717, 1.165) is 11.1 Å². The van der Waals surface area contributed by atoms with Gasteiger partial charge in [0.1, 0.15) is 0 Å². The molecule has 0 spiro atoms. The van der Waals surface area contributed by atoms with Crippen LogP contribution >= 0.6 is 0 Å². The number of likely N-dealkylation sites (N-methyl/N-ethyl adjacent to an activating group) is 1. The minimum atomic E-state index is -1.80. The number of hydrogen-bond donors (Lipinski definition) is 1. The third-order valence-electron chi connectivity index (χ3n) is 5.01. The molecule has 1 heterocycles. The molecule has 2 aromatic carbocycles. The Bertz CT molecular complexity index is 856. The predicted molar refractivity (Wildman–Crippen MR) is 98.0 cm³/mol. The largest absolute Gasteiger partial charge is 0.375 e. The second-order valence-electron chi connectivity index (χ2n) is 7.07. The Morgan fingerprint density at radius 1 is 1.20 bits per heavy atom. The Morgan fingerprint density at radius 3 is 2.56 bits per heavy atom. The Hall–Kier alpha value is -2.46. The zero-order valence-electron chi connectivity index (χ0n) is 15.0. The van der Waals surface area contributed by atoms with Crippen molar-refractivity contribution in [2.75, 3.05) is 11.9 Å². The van der Waals surface area contributed by atoms with E-state index >= 15 is 0 Å². The van der Waals surface area contributed by atoms with Gasteiger partial charge in [-0.1, -0.05) is 44.2 Å². The second kappa shape index (κ2) is 6.12. The lowest BCUT2D eigenvalue weighted by Gasteiger charge is -2.22. The van der Waals surface area contributed by atoms with Crippen molar-refractivity contribution >= 4 is 17.4 Å². The van der Waals surface area contributed by atoms with Gasteiger partial charge in [-0.25, -0.2) is 0 Å². The molecule has 0 radical (unpaired) electrons. The monoisotopic (exact) mass is 337 g/mol. The molecule has 2 aromatic rings. The van der Waals surface area contributed by atoms with Crippen LogP contribution in [0.1, 0.15) is 53.2 Å². The number of rotatable bonds is 4. The van der Waals surface area contributed by atoms with E-state index in [9.17, 15) is 14.7 Å². The van der Waals surface area contributed by atoms with Gasteiger partial charge >= 0.3 is 0 Å². The summed E-state index contributed by atoms with van der Waals surface area (Å²) in [6.45, 7) is 6.01. The van der Waals surface area contributed by atoms with Crippen LogP contribution < -0.4 is 4.90 Å². The minimum Gasteiger partial charge on any atom is -0.375 e. The average molecular weight is 337 g/mol. The molecule has 0 aliphatic carbocycles. The molecule has 0 bridgehead atoms. The highest BCUT2D eigenvalue weighted by atomic mass is 16.3. The van der Waals surface area contributed by atoms with Gasteiger partial charge in [0.25, 0.3) is 5.91 Å². The van der Waals surface area contributed by atoms with E-state index in [0.29, 0.717) is 22.7 Å². The average Bonchev–Trinajstić information content (AvgIpc) is 2.77. The number of benzene rings is 2. The van der Waals surface area contributed by atoms with Gasteiger partial charge in [-0.15, -0.1) is 0 Å². The van der Waals surface area contributed by atoms with Crippen LogP contribution in [-0.4, -0.2) is 23.8 Å². The SMILES string of the molecule is Cc1ccc(C(C)C)cc1C(=O)C[C@@]1(O)C(=O)N(C)c2ccccc21. The van der Waals surface area contributed by atoms with Crippen molar-refractivity contribution in [3.63, 3.8) is 0 Å². The third kappa shape index (κ3) is 2.76. The van der Waals surface area contributed by atoms with Crippen molar-refractivity contribution in [2.45, 2.75) is 38.7 Å². The quantitative estimate of drug-likeness (QED) is 0.868. The molecule has 4 heteroatoms. The normalized spacial score (nSPS) is 19.4. The zero-order chi connectivity index (χ0) is 18.4. The molecule has 0 fully saturated rings. The number of aliphatic hydroxyl groups is 1. The van der Waals surface area contributed by atoms with Gasteiger partial charge in [-0.3, -0.25) is 9.59 Å². The van der Waals surface area contributed by atoms with Crippen LogP contribution in [0.25, 0.3) is 0 Å². The maximum atomic E-state index is 12.9. The molecule has 25 heavy (non-hydrogen) atoms. The number of carbonyl (C=O) groups is 2. The van der Waals surface area contributed by atoms with E-state index in [1.54, 1.807) is 25.2 Å². The van der Waals surface area contributed by atoms with Crippen LogP contribution in [0.4, 0.5) is 5.69 Å². The predicted octanol–water partition coefficient (Wildman–Crippen LogP) is 3.56. The molecule has 0 unspecified atom stereocenters. The molecule has 0 saturated heterocycles. The fourth-order valence-corrected chi connectivity index (χ4v) is 3.42. The number of amides is 1. The molecule has 4 nitrogen and oxygen atoms in total. The summed E-state index contributed by atoms with van der Waals surface area (Å²) in [6.07, 6.45) is -0.254. The highest BCUT2D eigenvalue weighted by Crippen LogP contribution is 2.42. The standard InChI is InChI=1S/C21H23NO3/c1-13(2)15-10-9-14(3)16(11-15)19(23)12-21(25)17-7-5-6-8-18(17)22(4)20(21)24/h5-11,13,25H,12H2,1-4H3/t21-/m0/s1. The molecule has 0 saturated carbocycles. The molecule has 0 aromatic heterocycles. The first-order valence-electron chi connectivity index (χ1n) is 8.49. The maximum absolute atomic E-state index is 12.9. The molecular formula is C21H23NO3. The van der Waals surface area contributed by atoms with Gasteiger partial charge in [0.2, 0.25) is 0 Å². The van der Waals surface area contributed by atoms with Crippen molar-refractivity contribution in [1.82, 2.24) is 0 Å². The minimum absolute atomic E-state index is 0.221. The third-order valence-corrected chi connectivity index (χ3v) is 5.01. The van der Waals surface area contributed by atoms with Gasteiger partial charge in [-0.2, -0.15) is 0 Å². The summed E-state index contributed by atoms with van der Waals surface area (Å²) in [5.74, 6) is -0.379. The van der Waals surface area contributed by atoms with E-state index in [4.69, 9.17) is 0 Å². The second-order valence-corrected chi connectivity index (χ2v) is 7.07. The Kier molecular flexibility index (Phi) is 4.25. The Labute approximate surface area is 148 Å². The van der Waals surface area contributed by atoms with Crippen molar-refractivity contribution in [3.8, 4) is 0 Å². The topological polar surface area (TPSA) is 57.6 Å². The zero-order valence-corrected chi connectivity index (χ0v) is 15.0. The molecule has 130 valence electrons. The van der Waals surface area contributed by atoms with Crippen LogP contribution in [0.15, 0.2) is 42.5 Å². The first-order valence-corrected chi connectivity index (χ1v) is 8.49. The van der Waals surface area contributed by atoms with Crippen LogP contribution in [-0.2, 0) is 10.4 Å². The van der Waals surface area contributed by atoms with Crippen LogP contribution in [0, 0.1) is 6.92 Å². The number of fused-ring (bicyclic) bond motifs is 1. The van der Waals surface area contributed by atoms with Gasteiger partial charge in [0.15, 0.2) is 11.4 Å². The van der Waals surface area contributed by atoms with E-state index in [2.05, 4.69) is 13.8 Å². The van der Waals surface area contributed by atoms with E-state index < -0.39 is 11.5 Å². The number of hydrogen-bond acceptors (Lipinski definition) is 3. The number of aryl methyl sites for hydroxylation is 1. The van der Waals surface area contributed by atoms with Crippen molar-refractivity contribution in [3.05, 3.63) is 64.7 Å². The number of nitrogens with zero attached hydrogens (tertiary/aromatic N) is 1. The molecule has 1 atom stereocenters. The number of anilines is 1. The Balaban J connectivity index is 1.99. The van der Waals surface area contributed by atoms with Gasteiger partial charge in [0.05, 0.1) is 12.1 Å². The number of Topliss-reactive ketones (excluding diaryl/α,β-unsaturated/α-hetero) is 1. The maximum Gasteiger partial charge on any atom is 0.263 e. The highest BCUT2D eigenvalue weighted by Gasteiger charge is 2.49. The number of para-hydroxylation sites is 1. The summed E-state index contributed by atoms with van der Waals surface area (Å²) in [6, 6.07) is 12.9. The van der Waals surface area contributed by atoms with E-state index in [1.165, 1.54) is 4.90 Å². The lowest BCUT2D eigenvalue weighted by atomic mass is 9.86. The molecule has 1 N–H and O–H groups in total. The van der Waals surface area contributed by atoms with E-state index in [1.807, 2.05) is 31.2 Å². The molecule has 1 aliphatic heterocycles. The molecule has 1 aliphatic rings. The lowest BCUT2D eigenvalue weighted by Crippen LogP contribution is -2.40. The fourth-order valence-electron chi connectivity index (χ4n) is 3.42. The highest BCUT2D eigenvalue weighted by molar-refractivity contribution is 6.10. The van der Waals surface area contributed by atoms with Crippen LogP contribution in [0.5, 0.6) is 0 Å². The summed E-state index contributed by atoms with van der Waals surface area (Å²) >= 11 is 0. The van der Waals surface area contributed by atoms with Crippen LogP contribution in [0.2, 0.25) is 0 Å². The van der Waals surface area contributed by atoms with Crippen molar-refractivity contribution in [2.24, 2.45) is 0 Å². The first-order chi connectivity index (χ1) is 11.8. The smallest absolute Gasteiger partial charge is 0.263 e. The van der Waals surface area contributed by atoms with E-state index in [-0.39, 0.29) is 12.2 Å². The molecule has 3 rings (SSSR count). The summed E-state index contributed by atoms with van der Waals surface area (Å²) in [7, 11) is 1.62. The number of ketones is 1. The first kappa shape index (κ1) is 17.4. The number of carbonyl (C=O) groups excluding carboxylic acids is 2. The molecule has 1 amide bonds. The van der Waals surface area contributed by atoms with Crippen LogP contribution in [0.3, 0.4) is 0 Å². The summed E-state index contributed by atoms with van der Waals surface area (Å²) in [5, 5.41) is 11.1. The lowest BCUT2D eigenvalue weighted by molar-refractivity contribution is -0.135. The van der Waals surface area contributed by atoms with Crippen molar-refractivity contribution < 1.29 is 14.7 Å². The fraction of sp³-hybridized carbons (Fsp3) is 0.333. The summed E-state index contributed by atoms with van der Waals surface area (Å²) in [4.78, 5) is 27.0. The summed E-state index contributed by atoms with van der Waals surface area (Å²) in [5.41, 5.74) is 1.83. The van der Waals surface area contributed by atoms with Gasteiger partial charge < -0.3 is 10.0 Å². The van der Waals surface area contributed by atoms with Gasteiger partial charge in [-0.05, 0) is 36.1 Å². The van der Waals surface area contributed by atoms with Crippen molar-refractivity contribution in [1.29, 1.82) is 0 Å². The summed E-state index contributed by atoms with van der Waals surface area (Å²) < 4.78 is 0.